The minimum absolute atomic E-state index is 0.0828. The largest absolute Gasteiger partial charge is 0.479 e. The summed E-state index contributed by atoms with van der Waals surface area (Å²) in [5.41, 5.74) is -0.0364. The van der Waals surface area contributed by atoms with Crippen LogP contribution in [0.25, 0.3) is 10.4 Å². The molecule has 3 N–H and O–H groups in total. The number of carboxylic acid groups (broad SMARTS) is 2. The van der Waals surface area contributed by atoms with Crippen molar-refractivity contribution < 1.29 is 42.5 Å². The van der Waals surface area contributed by atoms with Crippen LogP contribution in [-0.4, -0.2) is 34.7 Å². The number of aliphatic carboxylic acids is 1. The second kappa shape index (κ2) is 9.51. The van der Waals surface area contributed by atoms with Gasteiger partial charge < -0.3 is 20.3 Å². The molecule has 0 spiro atoms. The lowest BCUT2D eigenvalue weighted by Crippen LogP contribution is -2.12. The first-order valence-electron chi connectivity index (χ1n) is 8.96. The summed E-state index contributed by atoms with van der Waals surface area (Å²) in [6, 6.07) is 9.78. The van der Waals surface area contributed by atoms with E-state index in [1.54, 1.807) is 0 Å². The molecule has 2 aromatic carbocycles. The number of aromatic carboxylic acids is 1. The highest BCUT2D eigenvalue weighted by molar-refractivity contribution is 7.18. The number of hydrogen-bond acceptors (Lipinski definition) is 5. The van der Waals surface area contributed by atoms with E-state index in [2.05, 4.69) is 5.32 Å². The van der Waals surface area contributed by atoms with E-state index < -0.39 is 36.2 Å². The van der Waals surface area contributed by atoms with Gasteiger partial charge in [-0.15, -0.1) is 11.3 Å². The summed E-state index contributed by atoms with van der Waals surface area (Å²) in [4.78, 5) is 34.6. The summed E-state index contributed by atoms with van der Waals surface area (Å²) in [6.07, 6.45) is -4.49. The van der Waals surface area contributed by atoms with E-state index in [4.69, 9.17) is 21.4 Å². The number of alkyl halides is 3. The molecule has 0 bridgehead atoms. The lowest BCUT2D eigenvalue weighted by molar-refractivity contribution is -0.139. The van der Waals surface area contributed by atoms with E-state index in [0.717, 1.165) is 35.6 Å². The number of rotatable bonds is 7. The zero-order valence-electron chi connectivity index (χ0n) is 16.3. The van der Waals surface area contributed by atoms with Crippen molar-refractivity contribution in [2.24, 2.45) is 0 Å². The maximum absolute atomic E-state index is 12.6. The third kappa shape index (κ3) is 5.62. The van der Waals surface area contributed by atoms with Gasteiger partial charge in [-0.05, 0) is 42.0 Å². The Morgan fingerprint density at radius 2 is 1.61 bits per heavy atom. The maximum Gasteiger partial charge on any atom is 0.416 e. The standard InChI is InChI=1S/C21H13ClF3NO6S/c22-15-16(32-9-14(27)28)18(20(30)31)33-17(15)10-1-3-11(4-2-10)19(29)26-13-7-5-12(6-8-13)21(23,24)25/h1-8H,9H2,(H,26,29)(H,27,28)(H,30,31). The molecule has 12 heteroatoms. The van der Waals surface area contributed by atoms with Crippen molar-refractivity contribution in [2.45, 2.75) is 6.18 Å². The monoisotopic (exact) mass is 499 g/mol. The first kappa shape index (κ1) is 24.1. The second-order valence-corrected chi connectivity index (χ2v) is 7.90. The molecular formula is C21H13ClF3NO6S. The molecule has 0 fully saturated rings. The molecule has 3 rings (SSSR count). The fourth-order valence-electron chi connectivity index (χ4n) is 2.70. The van der Waals surface area contributed by atoms with Gasteiger partial charge in [-0.3, -0.25) is 4.79 Å². The van der Waals surface area contributed by atoms with Crippen LogP contribution in [0, 0.1) is 0 Å². The molecule has 0 saturated carbocycles. The van der Waals surface area contributed by atoms with Crippen molar-refractivity contribution in [3.63, 3.8) is 0 Å². The first-order valence-corrected chi connectivity index (χ1v) is 10.2. The number of hydrogen-bond donors (Lipinski definition) is 3. The van der Waals surface area contributed by atoms with E-state index in [9.17, 15) is 32.7 Å². The van der Waals surface area contributed by atoms with Crippen LogP contribution in [0.15, 0.2) is 48.5 Å². The van der Waals surface area contributed by atoms with Gasteiger partial charge in [0.25, 0.3) is 5.91 Å². The Morgan fingerprint density at radius 3 is 2.12 bits per heavy atom. The highest BCUT2D eigenvalue weighted by atomic mass is 35.5. The number of thiophene rings is 1. The number of carbonyl (C=O) groups is 3. The summed E-state index contributed by atoms with van der Waals surface area (Å²) in [7, 11) is 0. The minimum atomic E-state index is -4.49. The second-order valence-electron chi connectivity index (χ2n) is 6.50. The van der Waals surface area contributed by atoms with E-state index in [1.165, 1.54) is 24.3 Å². The van der Waals surface area contributed by atoms with Crippen LogP contribution in [0.2, 0.25) is 5.02 Å². The summed E-state index contributed by atoms with van der Waals surface area (Å²) in [6.45, 7) is -0.779. The molecule has 0 aliphatic rings. The van der Waals surface area contributed by atoms with Gasteiger partial charge in [-0.25, -0.2) is 9.59 Å². The van der Waals surface area contributed by atoms with Crippen molar-refractivity contribution in [3.8, 4) is 16.2 Å². The average Bonchev–Trinajstić information content (AvgIpc) is 3.08. The summed E-state index contributed by atoms with van der Waals surface area (Å²) < 4.78 is 42.9. The van der Waals surface area contributed by atoms with Crippen LogP contribution >= 0.6 is 22.9 Å². The lowest BCUT2D eigenvalue weighted by Gasteiger charge is -2.09. The van der Waals surface area contributed by atoms with Gasteiger partial charge in [0.15, 0.2) is 17.2 Å². The van der Waals surface area contributed by atoms with Gasteiger partial charge in [-0.1, -0.05) is 23.7 Å². The molecule has 1 amide bonds. The van der Waals surface area contributed by atoms with Gasteiger partial charge in [0, 0.05) is 11.3 Å². The molecule has 0 unspecified atom stereocenters. The van der Waals surface area contributed by atoms with E-state index in [0.29, 0.717) is 10.4 Å². The summed E-state index contributed by atoms with van der Waals surface area (Å²) >= 11 is 6.99. The van der Waals surface area contributed by atoms with Gasteiger partial charge >= 0.3 is 18.1 Å². The number of anilines is 1. The van der Waals surface area contributed by atoms with Gasteiger partial charge in [0.1, 0.15) is 5.02 Å². The molecular weight excluding hydrogens is 487 g/mol. The Hall–Kier alpha value is -3.57. The normalized spacial score (nSPS) is 11.2. The van der Waals surface area contributed by atoms with E-state index in [1.807, 2.05) is 0 Å². The molecule has 0 aliphatic heterocycles. The Morgan fingerprint density at radius 1 is 1.00 bits per heavy atom. The van der Waals surface area contributed by atoms with Crippen LogP contribution in [0.4, 0.5) is 18.9 Å². The highest BCUT2D eigenvalue weighted by Crippen LogP contribution is 2.45. The third-order valence-corrected chi connectivity index (χ3v) is 5.90. The molecule has 0 radical (unpaired) electrons. The van der Waals surface area contributed by atoms with Gasteiger partial charge in [0.2, 0.25) is 0 Å². The Labute approximate surface area is 193 Å². The molecule has 1 heterocycles. The third-order valence-electron chi connectivity index (χ3n) is 4.22. The minimum Gasteiger partial charge on any atom is -0.479 e. The number of benzene rings is 2. The Balaban J connectivity index is 1.80. The Bertz CT molecular complexity index is 1210. The number of nitrogens with one attached hydrogen (secondary N) is 1. The molecule has 0 saturated heterocycles. The molecule has 172 valence electrons. The molecule has 3 aromatic rings. The molecule has 0 aliphatic carbocycles. The van der Waals surface area contributed by atoms with Gasteiger partial charge in [0.05, 0.1) is 10.4 Å². The van der Waals surface area contributed by atoms with Crippen molar-refractivity contribution >= 4 is 46.5 Å². The van der Waals surface area contributed by atoms with Crippen LogP contribution in [0.1, 0.15) is 25.6 Å². The molecule has 7 nitrogen and oxygen atoms in total. The predicted molar refractivity (Wildman–Crippen MR) is 114 cm³/mol. The van der Waals surface area contributed by atoms with Crippen LogP contribution in [0.5, 0.6) is 5.75 Å². The first-order chi connectivity index (χ1) is 15.5. The zero-order valence-corrected chi connectivity index (χ0v) is 17.8. The molecule has 1 aromatic heterocycles. The quantitative estimate of drug-likeness (QED) is 0.395. The number of carbonyl (C=O) groups excluding carboxylic acids is 1. The van der Waals surface area contributed by atoms with Crippen molar-refractivity contribution in [1.29, 1.82) is 0 Å². The van der Waals surface area contributed by atoms with Gasteiger partial charge in [-0.2, -0.15) is 13.2 Å². The SMILES string of the molecule is O=C(O)COc1c(C(=O)O)sc(-c2ccc(C(=O)Nc3ccc(C(F)(F)F)cc3)cc2)c1Cl. The molecule has 33 heavy (non-hydrogen) atoms. The summed E-state index contributed by atoms with van der Waals surface area (Å²) in [5, 5.41) is 20.5. The van der Waals surface area contributed by atoms with Crippen LogP contribution in [-0.2, 0) is 11.0 Å². The van der Waals surface area contributed by atoms with E-state index in [-0.39, 0.29) is 26.9 Å². The average molecular weight is 500 g/mol. The topological polar surface area (TPSA) is 113 Å². The van der Waals surface area contributed by atoms with Crippen molar-refractivity contribution in [1.82, 2.24) is 0 Å². The summed E-state index contributed by atoms with van der Waals surface area (Å²) in [5.74, 6) is -3.49. The van der Waals surface area contributed by atoms with E-state index >= 15 is 0 Å². The number of ether oxygens (including phenoxy) is 1. The fraction of sp³-hybridized carbons (Fsp3) is 0.0952. The number of halogens is 4. The van der Waals surface area contributed by atoms with Crippen molar-refractivity contribution in [3.05, 3.63) is 69.6 Å². The van der Waals surface area contributed by atoms with Crippen molar-refractivity contribution in [2.75, 3.05) is 11.9 Å². The molecule has 0 atom stereocenters. The predicted octanol–water partition coefficient (Wildman–Crippen LogP) is 5.50. The van der Waals surface area contributed by atoms with Crippen LogP contribution < -0.4 is 10.1 Å². The fourth-order valence-corrected chi connectivity index (χ4v) is 4.12. The highest BCUT2D eigenvalue weighted by Gasteiger charge is 2.30. The lowest BCUT2D eigenvalue weighted by atomic mass is 10.1. The number of amides is 1. The zero-order chi connectivity index (χ0) is 24.3. The Kier molecular flexibility index (Phi) is 6.94. The number of carboxylic acids is 2. The smallest absolute Gasteiger partial charge is 0.416 e. The van der Waals surface area contributed by atoms with Crippen LogP contribution in [0.3, 0.4) is 0 Å². The maximum atomic E-state index is 12.6.